The van der Waals surface area contributed by atoms with Gasteiger partial charge in [0.2, 0.25) is 0 Å². The van der Waals surface area contributed by atoms with E-state index in [1.807, 2.05) is 0 Å². The first kappa shape index (κ1) is 13.6. The first-order valence-electron chi connectivity index (χ1n) is 7.50. The summed E-state index contributed by atoms with van der Waals surface area (Å²) >= 11 is 0. The first-order chi connectivity index (χ1) is 8.74. The summed E-state index contributed by atoms with van der Waals surface area (Å²) in [6.45, 7) is 3.03. The maximum absolute atomic E-state index is 6.14. The Labute approximate surface area is 112 Å². The van der Waals surface area contributed by atoms with Crippen LogP contribution in [-0.2, 0) is 6.42 Å². The molecule has 0 unspecified atom stereocenters. The Bertz CT molecular complexity index is 362. The third-order valence-electron chi connectivity index (χ3n) is 4.51. The van der Waals surface area contributed by atoms with E-state index < -0.39 is 0 Å². The van der Waals surface area contributed by atoms with Crippen LogP contribution in [0.25, 0.3) is 0 Å². The van der Waals surface area contributed by atoms with Crippen molar-refractivity contribution in [3.8, 4) is 0 Å². The van der Waals surface area contributed by atoms with Crippen molar-refractivity contribution in [3.63, 3.8) is 0 Å². The molecule has 18 heavy (non-hydrogen) atoms. The van der Waals surface area contributed by atoms with Gasteiger partial charge < -0.3 is 5.73 Å². The molecule has 1 fully saturated rings. The third-order valence-corrected chi connectivity index (χ3v) is 4.51. The molecule has 1 aliphatic rings. The molecule has 0 heterocycles. The monoisotopic (exact) mass is 245 g/mol. The highest BCUT2D eigenvalue weighted by Crippen LogP contribution is 2.36. The fourth-order valence-electron chi connectivity index (χ4n) is 3.36. The normalized spacial score (nSPS) is 20.1. The Hall–Kier alpha value is -0.820. The van der Waals surface area contributed by atoms with Crippen LogP contribution in [-0.4, -0.2) is 6.54 Å². The summed E-state index contributed by atoms with van der Waals surface area (Å²) in [4.78, 5) is 0. The molecule has 2 N–H and O–H groups in total. The second-order valence-corrected chi connectivity index (χ2v) is 6.14. The van der Waals surface area contributed by atoms with E-state index in [9.17, 15) is 0 Å². The fourth-order valence-corrected chi connectivity index (χ4v) is 3.36. The maximum atomic E-state index is 6.14. The molecular weight excluding hydrogens is 218 g/mol. The van der Waals surface area contributed by atoms with E-state index in [0.29, 0.717) is 5.41 Å². The predicted molar refractivity (Wildman–Crippen MR) is 78.7 cm³/mol. The first-order valence-corrected chi connectivity index (χ1v) is 7.50. The summed E-state index contributed by atoms with van der Waals surface area (Å²) in [5, 5.41) is 0. The molecule has 1 aromatic carbocycles. The number of aryl methyl sites for hydroxylation is 1. The van der Waals surface area contributed by atoms with Gasteiger partial charge in [0.25, 0.3) is 0 Å². The molecule has 0 aliphatic heterocycles. The number of hydrogen-bond donors (Lipinski definition) is 1. The second kappa shape index (κ2) is 6.38. The van der Waals surface area contributed by atoms with Crippen LogP contribution in [0, 0.1) is 12.3 Å². The summed E-state index contributed by atoms with van der Waals surface area (Å²) in [5.41, 5.74) is 9.35. The van der Waals surface area contributed by atoms with Crippen LogP contribution >= 0.6 is 0 Å². The Morgan fingerprint density at radius 3 is 2.33 bits per heavy atom. The number of hydrogen-bond acceptors (Lipinski definition) is 1. The molecule has 0 saturated heterocycles. The lowest BCUT2D eigenvalue weighted by molar-refractivity contribution is 0.217. The average Bonchev–Trinajstić information content (AvgIpc) is 2.33. The summed E-state index contributed by atoms with van der Waals surface area (Å²) < 4.78 is 0. The van der Waals surface area contributed by atoms with Crippen molar-refractivity contribution in [2.24, 2.45) is 11.1 Å². The van der Waals surface area contributed by atoms with Crippen molar-refractivity contribution in [2.45, 2.75) is 58.3 Å². The van der Waals surface area contributed by atoms with Gasteiger partial charge in [0, 0.05) is 0 Å². The topological polar surface area (TPSA) is 26.0 Å². The van der Waals surface area contributed by atoms with Crippen LogP contribution in [0.4, 0.5) is 0 Å². The summed E-state index contributed by atoms with van der Waals surface area (Å²) in [6, 6.07) is 8.95. The highest BCUT2D eigenvalue weighted by Gasteiger charge is 2.28. The van der Waals surface area contributed by atoms with E-state index in [0.717, 1.165) is 6.54 Å². The fraction of sp³-hybridized carbons (Fsp3) is 0.647. The molecule has 0 bridgehead atoms. The zero-order valence-corrected chi connectivity index (χ0v) is 11.8. The summed E-state index contributed by atoms with van der Waals surface area (Å²) in [5.74, 6) is 0. The Morgan fingerprint density at radius 2 is 1.72 bits per heavy atom. The molecule has 0 atom stereocenters. The largest absolute Gasteiger partial charge is 0.330 e. The molecule has 1 saturated carbocycles. The lowest BCUT2D eigenvalue weighted by Gasteiger charge is -2.34. The van der Waals surface area contributed by atoms with Crippen molar-refractivity contribution in [3.05, 3.63) is 35.4 Å². The van der Waals surface area contributed by atoms with Crippen LogP contribution in [0.1, 0.15) is 56.1 Å². The van der Waals surface area contributed by atoms with Gasteiger partial charge in [-0.15, -0.1) is 0 Å². The number of benzene rings is 1. The van der Waals surface area contributed by atoms with E-state index in [-0.39, 0.29) is 0 Å². The van der Waals surface area contributed by atoms with Gasteiger partial charge in [-0.2, -0.15) is 0 Å². The molecule has 0 spiro atoms. The van der Waals surface area contributed by atoms with Crippen LogP contribution in [0.5, 0.6) is 0 Å². The minimum absolute atomic E-state index is 0.369. The number of nitrogens with two attached hydrogens (primary N) is 1. The highest BCUT2D eigenvalue weighted by molar-refractivity contribution is 5.23. The van der Waals surface area contributed by atoms with Gasteiger partial charge in [0.05, 0.1) is 0 Å². The maximum Gasteiger partial charge on any atom is -0.00173 e. The summed E-state index contributed by atoms with van der Waals surface area (Å²) in [7, 11) is 0. The van der Waals surface area contributed by atoms with Crippen LogP contribution in [0.3, 0.4) is 0 Å². The molecule has 0 radical (unpaired) electrons. The van der Waals surface area contributed by atoms with Gasteiger partial charge >= 0.3 is 0 Å². The Morgan fingerprint density at radius 1 is 1.06 bits per heavy atom. The van der Waals surface area contributed by atoms with E-state index in [1.165, 1.54) is 62.5 Å². The minimum Gasteiger partial charge on any atom is -0.330 e. The van der Waals surface area contributed by atoms with Crippen molar-refractivity contribution in [1.82, 2.24) is 0 Å². The van der Waals surface area contributed by atoms with Crippen molar-refractivity contribution >= 4 is 0 Å². The van der Waals surface area contributed by atoms with Gasteiger partial charge in [-0.25, -0.2) is 0 Å². The molecule has 1 aromatic rings. The van der Waals surface area contributed by atoms with E-state index in [2.05, 4.69) is 31.2 Å². The van der Waals surface area contributed by atoms with Crippen LogP contribution in [0.2, 0.25) is 0 Å². The molecule has 1 heteroatoms. The molecule has 1 nitrogen and oxygen atoms in total. The zero-order valence-electron chi connectivity index (χ0n) is 11.8. The summed E-state index contributed by atoms with van der Waals surface area (Å²) in [6.07, 6.45) is 10.8. The van der Waals surface area contributed by atoms with Gasteiger partial charge in [-0.3, -0.25) is 0 Å². The standard InChI is InChI=1S/C17H27N/c1-15-8-7-9-16(12-15)13-17(14-18)10-5-3-2-4-6-11-17/h7-9,12H,2-6,10-11,13-14,18H2,1H3. The lowest BCUT2D eigenvalue weighted by Crippen LogP contribution is -2.33. The SMILES string of the molecule is Cc1cccc(CC2(CN)CCCCCCC2)c1. The van der Waals surface area contributed by atoms with Gasteiger partial charge in [0.1, 0.15) is 0 Å². The zero-order chi connectivity index (χ0) is 12.8. The Balaban J connectivity index is 2.10. The molecule has 0 amide bonds. The predicted octanol–water partition coefficient (Wildman–Crippen LogP) is 4.23. The molecule has 1 aliphatic carbocycles. The van der Waals surface area contributed by atoms with Gasteiger partial charge in [-0.05, 0) is 43.7 Å². The molecule has 2 rings (SSSR count). The van der Waals surface area contributed by atoms with Crippen molar-refractivity contribution < 1.29 is 0 Å². The number of rotatable bonds is 3. The van der Waals surface area contributed by atoms with E-state index in [4.69, 9.17) is 5.73 Å². The van der Waals surface area contributed by atoms with E-state index in [1.54, 1.807) is 0 Å². The molecular formula is C17H27N. The second-order valence-electron chi connectivity index (χ2n) is 6.14. The lowest BCUT2D eigenvalue weighted by atomic mass is 9.72. The van der Waals surface area contributed by atoms with Gasteiger partial charge in [-0.1, -0.05) is 61.9 Å². The van der Waals surface area contributed by atoms with Crippen LogP contribution in [0.15, 0.2) is 24.3 Å². The quantitative estimate of drug-likeness (QED) is 0.847. The smallest absolute Gasteiger partial charge is 0.00173 e. The van der Waals surface area contributed by atoms with E-state index >= 15 is 0 Å². The van der Waals surface area contributed by atoms with Crippen LogP contribution < -0.4 is 5.73 Å². The molecule has 0 aromatic heterocycles. The Kier molecular flexibility index (Phi) is 4.82. The van der Waals surface area contributed by atoms with Crippen molar-refractivity contribution in [2.75, 3.05) is 6.54 Å². The highest BCUT2D eigenvalue weighted by atomic mass is 14.6. The molecule has 100 valence electrons. The minimum atomic E-state index is 0.369. The van der Waals surface area contributed by atoms with Crippen molar-refractivity contribution in [1.29, 1.82) is 0 Å². The van der Waals surface area contributed by atoms with Gasteiger partial charge in [0.15, 0.2) is 0 Å². The third kappa shape index (κ3) is 3.58. The average molecular weight is 245 g/mol.